The lowest BCUT2D eigenvalue weighted by Gasteiger charge is -2.13. The van der Waals surface area contributed by atoms with Crippen LogP contribution in [0.2, 0.25) is 0 Å². The van der Waals surface area contributed by atoms with Gasteiger partial charge < -0.3 is 15.2 Å². The second-order valence-corrected chi connectivity index (χ2v) is 4.16. The molecule has 2 rings (SSSR count). The van der Waals surface area contributed by atoms with Crippen molar-refractivity contribution in [3.05, 3.63) is 29.2 Å². The Morgan fingerprint density at radius 1 is 1.65 bits per heavy atom. The summed E-state index contributed by atoms with van der Waals surface area (Å²) in [5.41, 5.74) is 2.17. The number of hydrogen-bond donors (Lipinski definition) is 2. The topological polar surface area (TPSA) is 67.2 Å². The highest BCUT2D eigenvalue weighted by atomic mass is 16.5. The van der Waals surface area contributed by atoms with Crippen LogP contribution in [0.1, 0.15) is 29.0 Å². The Hall–Kier alpha value is -1.62. The predicted molar refractivity (Wildman–Crippen MR) is 63.8 cm³/mol. The van der Waals surface area contributed by atoms with E-state index in [4.69, 9.17) is 4.52 Å². The second-order valence-electron chi connectivity index (χ2n) is 4.16. The van der Waals surface area contributed by atoms with Crippen molar-refractivity contribution in [2.45, 2.75) is 19.8 Å². The van der Waals surface area contributed by atoms with E-state index >= 15 is 0 Å². The van der Waals surface area contributed by atoms with E-state index in [9.17, 15) is 4.79 Å². The molecular formula is C12H17N3O2. The summed E-state index contributed by atoms with van der Waals surface area (Å²) in [6.07, 6.45) is 5.71. The van der Waals surface area contributed by atoms with Crippen LogP contribution in [0.3, 0.4) is 0 Å². The lowest BCUT2D eigenvalue weighted by molar-refractivity contribution is 0.0916. The quantitative estimate of drug-likeness (QED) is 0.765. The first-order valence-corrected chi connectivity index (χ1v) is 5.85. The number of nitrogens with zero attached hydrogens (tertiary/aromatic N) is 1. The Balaban J connectivity index is 1.77. The number of nitrogens with one attached hydrogen (secondary N) is 2. The van der Waals surface area contributed by atoms with Crippen LogP contribution >= 0.6 is 0 Å². The third-order valence-electron chi connectivity index (χ3n) is 2.84. The van der Waals surface area contributed by atoms with Crippen LogP contribution in [-0.4, -0.2) is 30.7 Å². The molecule has 1 aliphatic heterocycles. The number of aryl methyl sites for hydroxylation is 1. The Kier molecular flexibility index (Phi) is 3.93. The molecule has 17 heavy (non-hydrogen) atoms. The van der Waals surface area contributed by atoms with Crippen LogP contribution in [0.5, 0.6) is 0 Å². The van der Waals surface area contributed by atoms with Crippen molar-refractivity contribution in [3.63, 3.8) is 0 Å². The molecule has 0 unspecified atom stereocenters. The maximum atomic E-state index is 11.7. The van der Waals surface area contributed by atoms with Crippen LogP contribution < -0.4 is 10.6 Å². The number of carbonyl (C=O) groups excluding carboxylic acids is 1. The fourth-order valence-electron chi connectivity index (χ4n) is 1.82. The van der Waals surface area contributed by atoms with Crippen LogP contribution in [0.15, 0.2) is 22.4 Å². The number of amides is 1. The summed E-state index contributed by atoms with van der Waals surface area (Å²) in [7, 11) is 0. The zero-order valence-electron chi connectivity index (χ0n) is 9.95. The predicted octanol–water partition coefficient (Wildman–Crippen LogP) is 1.02. The Labute approximate surface area is 100 Å². The van der Waals surface area contributed by atoms with Crippen molar-refractivity contribution in [3.8, 4) is 0 Å². The molecule has 0 radical (unpaired) electrons. The molecule has 0 bridgehead atoms. The lowest BCUT2D eigenvalue weighted by atomic mass is 10.1. The smallest absolute Gasteiger partial charge is 0.290 e. The van der Waals surface area contributed by atoms with Crippen LogP contribution in [0, 0.1) is 6.92 Å². The van der Waals surface area contributed by atoms with E-state index in [1.54, 1.807) is 13.1 Å². The summed E-state index contributed by atoms with van der Waals surface area (Å²) in [6.45, 7) is 4.41. The molecule has 0 fully saturated rings. The van der Waals surface area contributed by atoms with E-state index in [1.165, 1.54) is 5.57 Å². The first-order chi connectivity index (χ1) is 8.27. The van der Waals surface area contributed by atoms with Crippen molar-refractivity contribution < 1.29 is 9.32 Å². The van der Waals surface area contributed by atoms with Gasteiger partial charge in [0.1, 0.15) is 0 Å². The van der Waals surface area contributed by atoms with Crippen molar-refractivity contribution in [2.24, 2.45) is 0 Å². The van der Waals surface area contributed by atoms with Gasteiger partial charge in [-0.1, -0.05) is 16.8 Å². The molecule has 2 N–H and O–H groups in total. The minimum atomic E-state index is -0.186. The van der Waals surface area contributed by atoms with Gasteiger partial charge in [0.05, 0.1) is 6.20 Å². The molecule has 2 heterocycles. The molecule has 1 aromatic rings. The van der Waals surface area contributed by atoms with Crippen LogP contribution in [0.25, 0.3) is 0 Å². The first kappa shape index (κ1) is 11.9. The maximum absolute atomic E-state index is 11.7. The molecule has 0 atom stereocenters. The van der Waals surface area contributed by atoms with Crippen molar-refractivity contribution >= 4 is 5.91 Å². The van der Waals surface area contributed by atoms with Gasteiger partial charge in [-0.05, 0) is 26.3 Å². The fraction of sp³-hybridized carbons (Fsp3) is 0.500. The number of rotatable bonds is 4. The van der Waals surface area contributed by atoms with E-state index in [0.717, 1.165) is 31.5 Å². The van der Waals surface area contributed by atoms with Gasteiger partial charge in [-0.3, -0.25) is 4.79 Å². The average molecular weight is 235 g/mol. The SMILES string of the molecule is Cc1cnoc1C(=O)NCCC1=CCNCC1. The molecule has 5 heteroatoms. The molecular weight excluding hydrogens is 218 g/mol. The third kappa shape index (κ3) is 3.17. The zero-order valence-corrected chi connectivity index (χ0v) is 9.95. The van der Waals surface area contributed by atoms with Crippen molar-refractivity contribution in [1.82, 2.24) is 15.8 Å². The van der Waals surface area contributed by atoms with Gasteiger partial charge in [-0.15, -0.1) is 0 Å². The van der Waals surface area contributed by atoms with Crippen LogP contribution in [-0.2, 0) is 0 Å². The van der Waals surface area contributed by atoms with Gasteiger partial charge in [0, 0.05) is 18.7 Å². The Bertz CT molecular complexity index is 423. The van der Waals surface area contributed by atoms with E-state index in [-0.39, 0.29) is 5.91 Å². The Morgan fingerprint density at radius 2 is 2.53 bits per heavy atom. The maximum Gasteiger partial charge on any atom is 0.290 e. The molecule has 92 valence electrons. The third-order valence-corrected chi connectivity index (χ3v) is 2.84. The molecule has 1 aliphatic rings. The molecule has 0 saturated carbocycles. The van der Waals surface area contributed by atoms with Gasteiger partial charge in [0.25, 0.3) is 5.91 Å². The molecule has 1 aromatic heterocycles. The number of aromatic nitrogens is 1. The minimum absolute atomic E-state index is 0.186. The van der Waals surface area contributed by atoms with Gasteiger partial charge >= 0.3 is 0 Å². The fourth-order valence-corrected chi connectivity index (χ4v) is 1.82. The van der Waals surface area contributed by atoms with Gasteiger partial charge in [-0.25, -0.2) is 0 Å². The second kappa shape index (κ2) is 5.63. The number of carbonyl (C=O) groups is 1. The summed E-state index contributed by atoms with van der Waals surface area (Å²) in [4.78, 5) is 11.7. The summed E-state index contributed by atoms with van der Waals surface area (Å²) < 4.78 is 4.88. The molecule has 1 amide bonds. The normalized spacial score (nSPS) is 15.5. The molecule has 0 saturated heterocycles. The highest BCUT2D eigenvalue weighted by Crippen LogP contribution is 2.09. The summed E-state index contributed by atoms with van der Waals surface area (Å²) >= 11 is 0. The van der Waals surface area contributed by atoms with E-state index < -0.39 is 0 Å². The summed E-state index contributed by atoms with van der Waals surface area (Å²) in [6, 6.07) is 0. The van der Waals surface area contributed by atoms with Gasteiger partial charge in [0.15, 0.2) is 0 Å². The van der Waals surface area contributed by atoms with Gasteiger partial charge in [0.2, 0.25) is 5.76 Å². The van der Waals surface area contributed by atoms with Crippen LogP contribution in [0.4, 0.5) is 0 Å². The molecule has 0 spiro atoms. The highest BCUT2D eigenvalue weighted by Gasteiger charge is 2.13. The Morgan fingerprint density at radius 3 is 3.18 bits per heavy atom. The van der Waals surface area contributed by atoms with Crippen molar-refractivity contribution in [1.29, 1.82) is 0 Å². The zero-order chi connectivity index (χ0) is 12.1. The lowest BCUT2D eigenvalue weighted by Crippen LogP contribution is -2.26. The minimum Gasteiger partial charge on any atom is -0.351 e. The molecule has 0 aromatic carbocycles. The van der Waals surface area contributed by atoms with E-state index in [0.29, 0.717) is 12.3 Å². The summed E-state index contributed by atoms with van der Waals surface area (Å²) in [5, 5.41) is 9.68. The molecule has 5 nitrogen and oxygen atoms in total. The highest BCUT2D eigenvalue weighted by molar-refractivity contribution is 5.92. The van der Waals surface area contributed by atoms with E-state index in [2.05, 4.69) is 21.9 Å². The standard InChI is InChI=1S/C12H17N3O2/c1-9-8-15-17-11(9)12(16)14-7-4-10-2-5-13-6-3-10/h2,8,13H,3-7H2,1H3,(H,14,16). The first-order valence-electron chi connectivity index (χ1n) is 5.85. The average Bonchev–Trinajstić information content (AvgIpc) is 2.77. The van der Waals surface area contributed by atoms with Gasteiger partial charge in [-0.2, -0.15) is 0 Å². The largest absolute Gasteiger partial charge is 0.351 e. The number of hydrogen-bond acceptors (Lipinski definition) is 4. The van der Waals surface area contributed by atoms with E-state index in [1.807, 2.05) is 0 Å². The van der Waals surface area contributed by atoms with Crippen molar-refractivity contribution in [2.75, 3.05) is 19.6 Å². The summed E-state index contributed by atoms with van der Waals surface area (Å²) in [5.74, 6) is 0.124. The molecule has 0 aliphatic carbocycles. The monoisotopic (exact) mass is 235 g/mol.